The molecule has 0 bridgehead atoms. The van der Waals surface area contributed by atoms with Crippen LogP contribution < -0.4 is 0 Å². The first kappa shape index (κ1) is 7.08. The molecule has 0 saturated heterocycles. The van der Waals surface area contributed by atoms with Crippen LogP contribution in [0.1, 0.15) is 6.42 Å². The molecule has 0 spiro atoms. The van der Waals surface area contributed by atoms with Crippen LogP contribution in [-0.2, 0) is 0 Å². The summed E-state index contributed by atoms with van der Waals surface area (Å²) < 4.78 is 0. The van der Waals surface area contributed by atoms with E-state index >= 15 is 0 Å². The molecular weight excluding hydrogens is 134 g/mol. The van der Waals surface area contributed by atoms with Crippen LogP contribution >= 0.6 is 0 Å². The van der Waals surface area contributed by atoms with Gasteiger partial charge in [-0.05, 0) is 0 Å². The number of aliphatic hydroxyl groups is 1. The van der Waals surface area contributed by atoms with Crippen molar-refractivity contribution in [3.05, 3.63) is 12.2 Å². The van der Waals surface area contributed by atoms with Crippen molar-refractivity contribution >= 4 is 6.09 Å². The molecule has 2 N–H and O–H groups in total. The third kappa shape index (κ3) is 1.27. The van der Waals surface area contributed by atoms with Gasteiger partial charge >= 0.3 is 6.09 Å². The van der Waals surface area contributed by atoms with Gasteiger partial charge in [0.2, 0.25) is 0 Å². The van der Waals surface area contributed by atoms with E-state index in [1.807, 2.05) is 0 Å². The molecule has 1 rings (SSSR count). The van der Waals surface area contributed by atoms with E-state index in [0.29, 0.717) is 6.42 Å². The summed E-state index contributed by atoms with van der Waals surface area (Å²) in [5, 5.41) is 17.5. The molecule has 0 fully saturated rings. The number of amides is 1. The number of hydrogen-bond donors (Lipinski definition) is 2. The maximum absolute atomic E-state index is 10.3. The zero-order valence-electron chi connectivity index (χ0n) is 5.40. The van der Waals surface area contributed by atoms with Gasteiger partial charge < -0.3 is 10.2 Å². The van der Waals surface area contributed by atoms with Crippen molar-refractivity contribution in [2.45, 2.75) is 12.6 Å². The fourth-order valence-electron chi connectivity index (χ4n) is 0.861. The SMILES string of the molecule is O=C(O)N1CC=CCC1O. The normalized spacial score (nSPS) is 24.9. The van der Waals surface area contributed by atoms with Gasteiger partial charge in [-0.2, -0.15) is 0 Å². The van der Waals surface area contributed by atoms with E-state index in [2.05, 4.69) is 0 Å². The predicted octanol–water partition coefficient (Wildman–Crippen LogP) is 0.245. The van der Waals surface area contributed by atoms with Crippen molar-refractivity contribution in [3.63, 3.8) is 0 Å². The molecule has 4 heteroatoms. The van der Waals surface area contributed by atoms with Crippen LogP contribution in [-0.4, -0.2) is 34.0 Å². The largest absolute Gasteiger partial charge is 0.465 e. The minimum absolute atomic E-state index is 0.288. The number of carbonyl (C=O) groups is 1. The van der Waals surface area contributed by atoms with Gasteiger partial charge in [-0.1, -0.05) is 12.2 Å². The average molecular weight is 143 g/mol. The Kier molecular flexibility index (Phi) is 1.91. The van der Waals surface area contributed by atoms with Crippen LogP contribution in [0.5, 0.6) is 0 Å². The van der Waals surface area contributed by atoms with E-state index < -0.39 is 12.3 Å². The molecule has 1 atom stereocenters. The summed E-state index contributed by atoms with van der Waals surface area (Å²) >= 11 is 0. The third-order valence-electron chi connectivity index (χ3n) is 1.42. The fourth-order valence-corrected chi connectivity index (χ4v) is 0.861. The van der Waals surface area contributed by atoms with Crippen molar-refractivity contribution < 1.29 is 15.0 Å². The molecule has 0 saturated carbocycles. The van der Waals surface area contributed by atoms with Crippen molar-refractivity contribution in [1.82, 2.24) is 4.90 Å². The number of rotatable bonds is 0. The van der Waals surface area contributed by atoms with Crippen LogP contribution in [0.4, 0.5) is 4.79 Å². The van der Waals surface area contributed by atoms with Crippen molar-refractivity contribution in [2.24, 2.45) is 0 Å². The second-order valence-corrected chi connectivity index (χ2v) is 2.12. The van der Waals surface area contributed by atoms with Crippen molar-refractivity contribution in [2.75, 3.05) is 6.54 Å². The van der Waals surface area contributed by atoms with Crippen LogP contribution in [0.2, 0.25) is 0 Å². The zero-order chi connectivity index (χ0) is 7.56. The van der Waals surface area contributed by atoms with Gasteiger partial charge in [-0.3, -0.25) is 4.90 Å². The number of aliphatic hydroxyl groups excluding tert-OH is 1. The van der Waals surface area contributed by atoms with Gasteiger partial charge in [-0.15, -0.1) is 0 Å². The Labute approximate surface area is 58.4 Å². The first-order valence-corrected chi connectivity index (χ1v) is 3.04. The Morgan fingerprint density at radius 1 is 1.60 bits per heavy atom. The first-order valence-electron chi connectivity index (χ1n) is 3.04. The second-order valence-electron chi connectivity index (χ2n) is 2.12. The molecule has 1 aliphatic heterocycles. The van der Waals surface area contributed by atoms with E-state index in [0.717, 1.165) is 4.90 Å². The van der Waals surface area contributed by atoms with Crippen LogP contribution in [0.3, 0.4) is 0 Å². The first-order chi connectivity index (χ1) is 4.72. The maximum atomic E-state index is 10.3. The average Bonchev–Trinajstić information content (AvgIpc) is 1.88. The van der Waals surface area contributed by atoms with Gasteiger partial charge in [-0.25, -0.2) is 4.79 Å². The Morgan fingerprint density at radius 3 is 2.70 bits per heavy atom. The maximum Gasteiger partial charge on any atom is 0.409 e. The smallest absolute Gasteiger partial charge is 0.409 e. The summed E-state index contributed by atoms with van der Waals surface area (Å²) in [5.74, 6) is 0. The van der Waals surface area contributed by atoms with Gasteiger partial charge in [0.1, 0.15) is 6.23 Å². The molecule has 0 aromatic carbocycles. The van der Waals surface area contributed by atoms with Gasteiger partial charge in [0.05, 0.1) is 0 Å². The Hall–Kier alpha value is -1.03. The van der Waals surface area contributed by atoms with Crippen LogP contribution in [0, 0.1) is 0 Å². The topological polar surface area (TPSA) is 60.8 Å². The molecule has 0 radical (unpaired) electrons. The van der Waals surface area contributed by atoms with E-state index in [4.69, 9.17) is 10.2 Å². The molecule has 0 aromatic rings. The Bertz CT molecular complexity index is 166. The van der Waals surface area contributed by atoms with E-state index in [-0.39, 0.29) is 6.54 Å². The summed E-state index contributed by atoms with van der Waals surface area (Å²) in [5.41, 5.74) is 0. The molecule has 56 valence electrons. The van der Waals surface area contributed by atoms with E-state index in [9.17, 15) is 4.79 Å². The molecule has 4 nitrogen and oxygen atoms in total. The molecule has 1 unspecified atom stereocenters. The summed E-state index contributed by atoms with van der Waals surface area (Å²) in [7, 11) is 0. The number of carboxylic acid groups (broad SMARTS) is 1. The molecule has 1 aliphatic rings. The standard InChI is InChI=1S/C6H9NO3/c8-5-3-1-2-4-7(5)6(9)10/h1-2,5,8H,3-4H2,(H,9,10). The Balaban J connectivity index is 2.59. The molecule has 1 amide bonds. The highest BCUT2D eigenvalue weighted by Gasteiger charge is 2.20. The lowest BCUT2D eigenvalue weighted by molar-refractivity contribution is 0.0167. The third-order valence-corrected chi connectivity index (χ3v) is 1.42. The monoisotopic (exact) mass is 143 g/mol. The van der Waals surface area contributed by atoms with Gasteiger partial charge in [0.15, 0.2) is 0 Å². The highest BCUT2D eigenvalue weighted by molar-refractivity contribution is 5.65. The van der Waals surface area contributed by atoms with E-state index in [1.54, 1.807) is 12.2 Å². The Morgan fingerprint density at radius 2 is 2.30 bits per heavy atom. The minimum atomic E-state index is -1.07. The van der Waals surface area contributed by atoms with Crippen molar-refractivity contribution in [1.29, 1.82) is 0 Å². The number of nitrogens with zero attached hydrogens (tertiary/aromatic N) is 1. The highest BCUT2D eigenvalue weighted by Crippen LogP contribution is 2.07. The molecule has 0 aliphatic carbocycles. The quantitative estimate of drug-likeness (QED) is 0.477. The lowest BCUT2D eigenvalue weighted by Crippen LogP contribution is -2.40. The lowest BCUT2D eigenvalue weighted by Gasteiger charge is -2.25. The number of hydrogen-bond acceptors (Lipinski definition) is 2. The minimum Gasteiger partial charge on any atom is -0.465 e. The van der Waals surface area contributed by atoms with Gasteiger partial charge in [0.25, 0.3) is 0 Å². The van der Waals surface area contributed by atoms with Crippen LogP contribution in [0.15, 0.2) is 12.2 Å². The molecule has 10 heavy (non-hydrogen) atoms. The summed E-state index contributed by atoms with van der Waals surface area (Å²) in [6, 6.07) is 0. The van der Waals surface area contributed by atoms with Gasteiger partial charge in [0, 0.05) is 13.0 Å². The fraction of sp³-hybridized carbons (Fsp3) is 0.500. The zero-order valence-corrected chi connectivity index (χ0v) is 5.40. The summed E-state index contributed by atoms with van der Waals surface area (Å²) in [6.45, 7) is 0.288. The molecule has 0 aromatic heterocycles. The highest BCUT2D eigenvalue weighted by atomic mass is 16.4. The predicted molar refractivity (Wildman–Crippen MR) is 34.5 cm³/mol. The van der Waals surface area contributed by atoms with Crippen molar-refractivity contribution in [3.8, 4) is 0 Å². The summed E-state index contributed by atoms with van der Waals surface area (Å²) in [4.78, 5) is 11.3. The second kappa shape index (κ2) is 2.70. The molecular formula is C6H9NO3. The van der Waals surface area contributed by atoms with E-state index in [1.165, 1.54) is 0 Å². The van der Waals surface area contributed by atoms with Crippen LogP contribution in [0.25, 0.3) is 0 Å². The summed E-state index contributed by atoms with van der Waals surface area (Å²) in [6.07, 6.45) is 1.95. The lowest BCUT2D eigenvalue weighted by atomic mass is 10.2. The molecule has 1 heterocycles.